The van der Waals surface area contributed by atoms with Gasteiger partial charge in [-0.25, -0.2) is 0 Å². The van der Waals surface area contributed by atoms with Crippen molar-refractivity contribution in [2.24, 2.45) is 0 Å². The van der Waals surface area contributed by atoms with Crippen molar-refractivity contribution in [3.63, 3.8) is 0 Å². The first kappa shape index (κ1) is 10.1. The number of hydrogen-bond acceptors (Lipinski definition) is 3. The van der Waals surface area contributed by atoms with Crippen molar-refractivity contribution >= 4 is 11.6 Å². The van der Waals surface area contributed by atoms with Crippen LogP contribution in [0.4, 0.5) is 5.69 Å². The minimum atomic E-state index is -0.397. The smallest absolute Gasteiger partial charge is 0.250 e. The summed E-state index contributed by atoms with van der Waals surface area (Å²) in [4.78, 5) is 11.2. The molecule has 0 spiro atoms. The average Bonchev–Trinajstić information content (AvgIpc) is 2.11. The van der Waals surface area contributed by atoms with Crippen LogP contribution < -0.4 is 5.32 Å². The zero-order chi connectivity index (χ0) is 10.7. The molecule has 1 rings (SSSR count). The molecule has 14 heavy (non-hydrogen) atoms. The first-order valence-electron chi connectivity index (χ1n) is 3.99. The summed E-state index contributed by atoms with van der Waals surface area (Å²) < 4.78 is 0. The van der Waals surface area contributed by atoms with Crippen molar-refractivity contribution < 1.29 is 15.0 Å². The molecule has 4 heteroatoms. The Kier molecular flexibility index (Phi) is 2.76. The first-order chi connectivity index (χ1) is 6.50. The summed E-state index contributed by atoms with van der Waals surface area (Å²) in [6.07, 6.45) is 0. The standard InChI is InChI=1S/C10H11NO3/c1-6(2)10(14)11-8-5-7(12)3-4-9(8)13/h3-5,12-13H,1H2,2H3,(H,11,14). The number of aromatic hydroxyl groups is 2. The van der Waals surface area contributed by atoms with Gasteiger partial charge in [0.1, 0.15) is 11.5 Å². The molecular weight excluding hydrogens is 182 g/mol. The maximum absolute atomic E-state index is 11.2. The number of carbonyl (C=O) groups excluding carboxylic acids is 1. The zero-order valence-corrected chi connectivity index (χ0v) is 7.74. The summed E-state index contributed by atoms with van der Waals surface area (Å²) in [6, 6.07) is 3.88. The summed E-state index contributed by atoms with van der Waals surface area (Å²) in [6.45, 7) is 5.00. The third-order valence-electron chi connectivity index (χ3n) is 1.62. The molecule has 3 N–H and O–H groups in total. The number of nitrogens with one attached hydrogen (secondary N) is 1. The Bertz CT molecular complexity index is 385. The zero-order valence-electron chi connectivity index (χ0n) is 7.74. The summed E-state index contributed by atoms with van der Waals surface area (Å²) >= 11 is 0. The Morgan fingerprint density at radius 3 is 2.64 bits per heavy atom. The third kappa shape index (κ3) is 2.26. The van der Waals surface area contributed by atoms with Gasteiger partial charge in [-0.2, -0.15) is 0 Å². The van der Waals surface area contributed by atoms with Crippen LogP contribution >= 0.6 is 0 Å². The van der Waals surface area contributed by atoms with Crippen molar-refractivity contribution in [2.45, 2.75) is 6.92 Å². The Hall–Kier alpha value is -1.97. The fraction of sp³-hybridized carbons (Fsp3) is 0.100. The van der Waals surface area contributed by atoms with Crippen molar-refractivity contribution in [3.05, 3.63) is 30.4 Å². The summed E-state index contributed by atoms with van der Waals surface area (Å²) in [5, 5.41) is 20.8. The Morgan fingerprint density at radius 1 is 1.43 bits per heavy atom. The van der Waals surface area contributed by atoms with E-state index in [4.69, 9.17) is 5.11 Å². The number of phenolic OH excluding ortho intramolecular Hbond substituents is 2. The van der Waals surface area contributed by atoms with Gasteiger partial charge in [0.25, 0.3) is 5.91 Å². The molecule has 1 amide bonds. The second-order valence-electron chi connectivity index (χ2n) is 2.94. The molecule has 0 aliphatic carbocycles. The molecule has 4 nitrogen and oxygen atoms in total. The van der Waals surface area contributed by atoms with E-state index in [0.717, 1.165) is 0 Å². The van der Waals surface area contributed by atoms with E-state index in [1.807, 2.05) is 0 Å². The fourth-order valence-corrected chi connectivity index (χ4v) is 0.853. The van der Waals surface area contributed by atoms with Crippen molar-refractivity contribution in [2.75, 3.05) is 5.32 Å². The van der Waals surface area contributed by atoms with Gasteiger partial charge in [-0.1, -0.05) is 6.58 Å². The lowest BCUT2D eigenvalue weighted by molar-refractivity contribution is -0.112. The molecule has 0 bridgehead atoms. The van der Waals surface area contributed by atoms with Crippen LogP contribution in [-0.2, 0) is 4.79 Å². The molecular formula is C10H11NO3. The van der Waals surface area contributed by atoms with Gasteiger partial charge in [-0.05, 0) is 19.1 Å². The summed E-state index contributed by atoms with van der Waals surface area (Å²) in [5.41, 5.74) is 0.491. The van der Waals surface area contributed by atoms with Crippen LogP contribution in [0.1, 0.15) is 6.92 Å². The maximum atomic E-state index is 11.2. The Labute approximate surface area is 81.5 Å². The van der Waals surface area contributed by atoms with E-state index < -0.39 is 5.91 Å². The van der Waals surface area contributed by atoms with Crippen LogP contribution in [0.3, 0.4) is 0 Å². The van der Waals surface area contributed by atoms with Crippen LogP contribution in [0.25, 0.3) is 0 Å². The van der Waals surface area contributed by atoms with E-state index >= 15 is 0 Å². The lowest BCUT2D eigenvalue weighted by Gasteiger charge is -2.06. The molecule has 1 aromatic rings. The topological polar surface area (TPSA) is 69.6 Å². The van der Waals surface area contributed by atoms with Gasteiger partial charge >= 0.3 is 0 Å². The molecule has 0 saturated carbocycles. The molecule has 0 atom stereocenters. The maximum Gasteiger partial charge on any atom is 0.250 e. The highest BCUT2D eigenvalue weighted by Gasteiger charge is 2.07. The second-order valence-corrected chi connectivity index (χ2v) is 2.94. The molecule has 0 unspecified atom stereocenters. The van der Waals surface area contributed by atoms with E-state index in [1.165, 1.54) is 18.2 Å². The molecule has 0 fully saturated rings. The SMILES string of the molecule is C=C(C)C(=O)Nc1cc(O)ccc1O. The molecule has 1 aromatic carbocycles. The number of benzene rings is 1. The quantitative estimate of drug-likeness (QED) is 0.379. The Morgan fingerprint density at radius 2 is 2.07 bits per heavy atom. The number of amides is 1. The van der Waals surface area contributed by atoms with Crippen molar-refractivity contribution in [1.29, 1.82) is 0 Å². The first-order valence-corrected chi connectivity index (χ1v) is 3.99. The van der Waals surface area contributed by atoms with Crippen molar-refractivity contribution in [1.82, 2.24) is 0 Å². The van der Waals surface area contributed by atoms with Gasteiger partial charge in [0, 0.05) is 11.6 Å². The highest BCUT2D eigenvalue weighted by molar-refractivity contribution is 6.03. The second kappa shape index (κ2) is 3.83. The summed E-state index contributed by atoms with van der Waals surface area (Å²) in [5.74, 6) is -0.525. The van der Waals surface area contributed by atoms with Crippen LogP contribution in [0.15, 0.2) is 30.4 Å². The molecule has 0 heterocycles. The third-order valence-corrected chi connectivity index (χ3v) is 1.62. The average molecular weight is 193 g/mol. The summed E-state index contributed by atoms with van der Waals surface area (Å²) in [7, 11) is 0. The minimum absolute atomic E-state index is 0.0279. The van der Waals surface area contributed by atoms with Crippen LogP contribution in [0.5, 0.6) is 11.5 Å². The largest absolute Gasteiger partial charge is 0.508 e. The molecule has 0 radical (unpaired) electrons. The van der Waals surface area contributed by atoms with E-state index in [1.54, 1.807) is 6.92 Å². The van der Waals surface area contributed by atoms with Gasteiger partial charge in [0.2, 0.25) is 0 Å². The van der Waals surface area contributed by atoms with E-state index in [9.17, 15) is 9.90 Å². The van der Waals surface area contributed by atoms with Crippen LogP contribution in [0.2, 0.25) is 0 Å². The Balaban J connectivity index is 2.91. The van der Waals surface area contributed by atoms with E-state index in [0.29, 0.717) is 5.57 Å². The number of hydrogen-bond donors (Lipinski definition) is 3. The molecule has 0 aliphatic rings. The van der Waals surface area contributed by atoms with Gasteiger partial charge < -0.3 is 15.5 Å². The highest BCUT2D eigenvalue weighted by atomic mass is 16.3. The van der Waals surface area contributed by atoms with Gasteiger partial charge in [0.05, 0.1) is 5.69 Å². The molecule has 74 valence electrons. The number of anilines is 1. The van der Waals surface area contributed by atoms with Gasteiger partial charge in [-0.15, -0.1) is 0 Å². The molecule has 0 aliphatic heterocycles. The highest BCUT2D eigenvalue weighted by Crippen LogP contribution is 2.27. The number of carbonyl (C=O) groups is 1. The number of rotatable bonds is 2. The van der Waals surface area contributed by atoms with Gasteiger partial charge in [-0.3, -0.25) is 4.79 Å². The molecule has 0 saturated heterocycles. The van der Waals surface area contributed by atoms with Crippen LogP contribution in [0, 0.1) is 0 Å². The number of phenols is 2. The fourth-order valence-electron chi connectivity index (χ4n) is 0.853. The normalized spacial score (nSPS) is 9.50. The van der Waals surface area contributed by atoms with Crippen LogP contribution in [-0.4, -0.2) is 16.1 Å². The monoisotopic (exact) mass is 193 g/mol. The van der Waals surface area contributed by atoms with E-state index in [2.05, 4.69) is 11.9 Å². The van der Waals surface area contributed by atoms with Crippen molar-refractivity contribution in [3.8, 4) is 11.5 Å². The molecule has 0 aromatic heterocycles. The lowest BCUT2D eigenvalue weighted by atomic mass is 10.2. The predicted octanol–water partition coefficient (Wildman–Crippen LogP) is 1.61. The lowest BCUT2D eigenvalue weighted by Crippen LogP contribution is -2.11. The van der Waals surface area contributed by atoms with Gasteiger partial charge in [0.15, 0.2) is 0 Å². The minimum Gasteiger partial charge on any atom is -0.508 e. The predicted molar refractivity (Wildman–Crippen MR) is 53.2 cm³/mol. The van der Waals surface area contributed by atoms with E-state index in [-0.39, 0.29) is 17.2 Å².